The van der Waals surface area contributed by atoms with Crippen LogP contribution in [0.5, 0.6) is 0 Å². The molecule has 5 heteroatoms. The van der Waals surface area contributed by atoms with Crippen molar-refractivity contribution in [2.45, 2.75) is 32.8 Å². The molecule has 1 atom stereocenters. The van der Waals surface area contributed by atoms with Crippen LogP contribution in [0.3, 0.4) is 0 Å². The maximum Gasteiger partial charge on any atom is 0.224 e. The Bertz CT molecular complexity index is 404. The van der Waals surface area contributed by atoms with E-state index in [4.69, 9.17) is 10.2 Å². The molecule has 0 aromatic heterocycles. The van der Waals surface area contributed by atoms with E-state index in [0.29, 0.717) is 19.4 Å². The van der Waals surface area contributed by atoms with E-state index in [0.717, 1.165) is 17.9 Å². The lowest BCUT2D eigenvalue weighted by molar-refractivity contribution is -0.116. The van der Waals surface area contributed by atoms with E-state index < -0.39 is 6.10 Å². The van der Waals surface area contributed by atoms with Gasteiger partial charge in [-0.3, -0.25) is 4.79 Å². The number of hydrogen-bond donors (Lipinski definition) is 3. The van der Waals surface area contributed by atoms with E-state index in [1.165, 1.54) is 0 Å². The van der Waals surface area contributed by atoms with Crippen LogP contribution in [-0.2, 0) is 4.79 Å². The summed E-state index contributed by atoms with van der Waals surface area (Å²) < 4.78 is 0. The zero-order valence-corrected chi connectivity index (χ0v) is 12.2. The summed E-state index contributed by atoms with van der Waals surface area (Å²) >= 11 is 0. The van der Waals surface area contributed by atoms with Crippen LogP contribution < -0.4 is 10.2 Å². The Balaban J connectivity index is 2.55. The van der Waals surface area contributed by atoms with Gasteiger partial charge in [-0.25, -0.2) is 0 Å². The van der Waals surface area contributed by atoms with Crippen LogP contribution in [0, 0.1) is 0 Å². The van der Waals surface area contributed by atoms with E-state index in [9.17, 15) is 4.79 Å². The molecule has 0 heterocycles. The van der Waals surface area contributed by atoms with Gasteiger partial charge in [0.15, 0.2) is 0 Å². The van der Waals surface area contributed by atoms with Crippen molar-refractivity contribution < 1.29 is 15.0 Å². The number of aliphatic hydroxyl groups is 2. The van der Waals surface area contributed by atoms with Crippen molar-refractivity contribution in [3.05, 3.63) is 24.3 Å². The van der Waals surface area contributed by atoms with Gasteiger partial charge >= 0.3 is 0 Å². The average molecular weight is 280 g/mol. The molecule has 1 rings (SSSR count). The normalized spacial score (nSPS) is 12.0. The quantitative estimate of drug-likeness (QED) is 0.676. The number of amides is 1. The Hall–Kier alpha value is -1.59. The SMILES string of the molecule is CCN(CCO)c1ccc(NC(=O)CCC(C)O)cc1. The highest BCUT2D eigenvalue weighted by molar-refractivity contribution is 5.90. The first kappa shape index (κ1) is 16.5. The number of likely N-dealkylation sites (N-methyl/N-ethyl adjacent to an activating group) is 1. The fourth-order valence-electron chi connectivity index (χ4n) is 1.91. The number of carbonyl (C=O) groups excluding carboxylic acids is 1. The second kappa shape index (κ2) is 8.55. The van der Waals surface area contributed by atoms with Crippen LogP contribution in [0.4, 0.5) is 11.4 Å². The van der Waals surface area contributed by atoms with Crippen LogP contribution in [0.1, 0.15) is 26.7 Å². The summed E-state index contributed by atoms with van der Waals surface area (Å²) in [5.74, 6) is -0.0960. The number of nitrogens with one attached hydrogen (secondary N) is 1. The zero-order valence-electron chi connectivity index (χ0n) is 12.2. The summed E-state index contributed by atoms with van der Waals surface area (Å²) in [6.07, 6.45) is 0.314. The lowest BCUT2D eigenvalue weighted by atomic mass is 10.2. The van der Waals surface area contributed by atoms with Crippen molar-refractivity contribution in [2.75, 3.05) is 29.9 Å². The minimum atomic E-state index is -0.459. The molecule has 0 aliphatic carbocycles. The molecule has 1 aromatic carbocycles. The van der Waals surface area contributed by atoms with E-state index in [1.54, 1.807) is 6.92 Å². The van der Waals surface area contributed by atoms with Gasteiger partial charge in [0.25, 0.3) is 0 Å². The van der Waals surface area contributed by atoms with Gasteiger partial charge in [-0.15, -0.1) is 0 Å². The number of aliphatic hydroxyl groups excluding tert-OH is 2. The number of anilines is 2. The third-order valence-electron chi connectivity index (χ3n) is 3.06. The van der Waals surface area contributed by atoms with Gasteiger partial charge in [0, 0.05) is 30.9 Å². The van der Waals surface area contributed by atoms with Crippen LogP contribution in [0.25, 0.3) is 0 Å². The first-order chi connectivity index (χ1) is 9.56. The van der Waals surface area contributed by atoms with E-state index in [1.807, 2.05) is 31.2 Å². The molecule has 1 amide bonds. The summed E-state index contributed by atoms with van der Waals surface area (Å²) in [7, 11) is 0. The number of carbonyl (C=O) groups is 1. The second-order valence-electron chi connectivity index (χ2n) is 4.79. The summed E-state index contributed by atoms with van der Waals surface area (Å²) in [5, 5.41) is 20.9. The van der Waals surface area contributed by atoms with Crippen LogP contribution in [-0.4, -0.2) is 41.9 Å². The molecule has 3 N–H and O–H groups in total. The summed E-state index contributed by atoms with van der Waals surface area (Å²) in [4.78, 5) is 13.7. The molecule has 0 aliphatic heterocycles. The van der Waals surface area contributed by atoms with E-state index in [2.05, 4.69) is 10.2 Å². The Morgan fingerprint density at radius 1 is 1.35 bits per heavy atom. The number of nitrogens with zero attached hydrogens (tertiary/aromatic N) is 1. The molecule has 0 aliphatic rings. The standard InChI is InChI=1S/C15H24N2O3/c1-3-17(10-11-18)14-7-5-13(6-8-14)16-15(20)9-4-12(2)19/h5-8,12,18-19H,3-4,9-11H2,1-2H3,(H,16,20). The minimum Gasteiger partial charge on any atom is -0.395 e. The predicted molar refractivity (Wildman–Crippen MR) is 81.0 cm³/mol. The Morgan fingerprint density at radius 2 is 2.00 bits per heavy atom. The van der Waals surface area contributed by atoms with Crippen molar-refractivity contribution in [3.8, 4) is 0 Å². The monoisotopic (exact) mass is 280 g/mol. The van der Waals surface area contributed by atoms with Gasteiger partial charge in [-0.2, -0.15) is 0 Å². The Labute approximate surface area is 120 Å². The molecule has 5 nitrogen and oxygen atoms in total. The largest absolute Gasteiger partial charge is 0.395 e. The topological polar surface area (TPSA) is 72.8 Å². The molecule has 20 heavy (non-hydrogen) atoms. The van der Waals surface area contributed by atoms with Crippen molar-refractivity contribution in [1.29, 1.82) is 0 Å². The van der Waals surface area contributed by atoms with Gasteiger partial charge in [0.2, 0.25) is 5.91 Å². The van der Waals surface area contributed by atoms with Crippen molar-refractivity contribution in [3.63, 3.8) is 0 Å². The molecule has 0 saturated carbocycles. The third-order valence-corrected chi connectivity index (χ3v) is 3.06. The number of hydrogen-bond acceptors (Lipinski definition) is 4. The molecule has 112 valence electrons. The third kappa shape index (κ3) is 5.59. The average Bonchev–Trinajstić information content (AvgIpc) is 2.43. The van der Waals surface area contributed by atoms with Gasteiger partial charge < -0.3 is 20.4 Å². The lowest BCUT2D eigenvalue weighted by Crippen LogP contribution is -2.26. The smallest absolute Gasteiger partial charge is 0.224 e. The van der Waals surface area contributed by atoms with Gasteiger partial charge in [-0.1, -0.05) is 0 Å². The fraction of sp³-hybridized carbons (Fsp3) is 0.533. The van der Waals surface area contributed by atoms with Crippen molar-refractivity contribution in [1.82, 2.24) is 0 Å². The summed E-state index contributed by atoms with van der Waals surface area (Å²) in [6.45, 7) is 5.23. The molecule has 0 fully saturated rings. The molecule has 0 spiro atoms. The first-order valence-electron chi connectivity index (χ1n) is 7.00. The Morgan fingerprint density at radius 3 is 2.50 bits per heavy atom. The van der Waals surface area contributed by atoms with Gasteiger partial charge in [0.1, 0.15) is 0 Å². The highest BCUT2D eigenvalue weighted by Gasteiger charge is 2.06. The lowest BCUT2D eigenvalue weighted by Gasteiger charge is -2.22. The molecule has 1 unspecified atom stereocenters. The zero-order chi connectivity index (χ0) is 15.0. The fourth-order valence-corrected chi connectivity index (χ4v) is 1.91. The van der Waals surface area contributed by atoms with Crippen LogP contribution in [0.2, 0.25) is 0 Å². The van der Waals surface area contributed by atoms with Gasteiger partial charge in [-0.05, 0) is 44.5 Å². The van der Waals surface area contributed by atoms with Gasteiger partial charge in [0.05, 0.1) is 12.7 Å². The van der Waals surface area contributed by atoms with Crippen molar-refractivity contribution in [2.24, 2.45) is 0 Å². The maximum absolute atomic E-state index is 11.6. The highest BCUT2D eigenvalue weighted by Crippen LogP contribution is 2.18. The molecule has 0 radical (unpaired) electrons. The molecule has 1 aromatic rings. The number of rotatable bonds is 8. The van der Waals surface area contributed by atoms with Crippen LogP contribution in [0.15, 0.2) is 24.3 Å². The molecular formula is C15H24N2O3. The first-order valence-corrected chi connectivity index (χ1v) is 7.00. The highest BCUT2D eigenvalue weighted by atomic mass is 16.3. The predicted octanol–water partition coefficient (Wildman–Crippen LogP) is 1.60. The van der Waals surface area contributed by atoms with Crippen LogP contribution >= 0.6 is 0 Å². The molecule has 0 bridgehead atoms. The van der Waals surface area contributed by atoms with E-state index in [-0.39, 0.29) is 12.5 Å². The maximum atomic E-state index is 11.6. The molecular weight excluding hydrogens is 256 g/mol. The second-order valence-corrected chi connectivity index (χ2v) is 4.79. The number of benzene rings is 1. The van der Waals surface area contributed by atoms with Crippen molar-refractivity contribution >= 4 is 17.3 Å². The summed E-state index contributed by atoms with van der Waals surface area (Å²) in [6, 6.07) is 7.53. The molecule has 0 saturated heterocycles. The minimum absolute atomic E-state index is 0.0960. The van der Waals surface area contributed by atoms with E-state index >= 15 is 0 Å². The summed E-state index contributed by atoms with van der Waals surface area (Å²) in [5.41, 5.74) is 1.76. The Kier molecular flexibility index (Phi) is 7.04.